The molecule has 3 heterocycles. The van der Waals surface area contributed by atoms with Gasteiger partial charge in [0.25, 0.3) is 0 Å². The van der Waals surface area contributed by atoms with Crippen molar-refractivity contribution < 1.29 is 9.47 Å². The van der Waals surface area contributed by atoms with Crippen LogP contribution < -0.4 is 4.74 Å². The number of likely N-dealkylation sites (tertiary alicyclic amines) is 1. The molecule has 4 rings (SSSR count). The number of aryl methyl sites for hydroxylation is 1. The Kier molecular flexibility index (Phi) is 5.63. The number of ether oxygens (including phenoxy) is 2. The van der Waals surface area contributed by atoms with Gasteiger partial charge in [0.05, 0.1) is 18.1 Å². The van der Waals surface area contributed by atoms with E-state index < -0.39 is 0 Å². The third-order valence-corrected chi connectivity index (χ3v) is 7.01. The topological polar surface area (TPSA) is 21.7 Å². The first-order chi connectivity index (χ1) is 12.8. The minimum Gasteiger partial charge on any atom is -0.496 e. The van der Waals surface area contributed by atoms with Gasteiger partial charge in [0, 0.05) is 25.1 Å². The summed E-state index contributed by atoms with van der Waals surface area (Å²) in [5.74, 6) is 1.04. The Bertz CT molecular complexity index is 695. The molecule has 0 saturated carbocycles. The highest BCUT2D eigenvalue weighted by Crippen LogP contribution is 2.44. The highest BCUT2D eigenvalue weighted by molar-refractivity contribution is 7.10. The van der Waals surface area contributed by atoms with E-state index in [1.54, 1.807) is 18.4 Å². The Morgan fingerprint density at radius 3 is 2.92 bits per heavy atom. The number of thiophene rings is 1. The van der Waals surface area contributed by atoms with Crippen molar-refractivity contribution in [3.8, 4) is 5.75 Å². The second-order valence-electron chi connectivity index (χ2n) is 7.72. The van der Waals surface area contributed by atoms with Crippen molar-refractivity contribution in [1.29, 1.82) is 0 Å². The van der Waals surface area contributed by atoms with Gasteiger partial charge in [-0.15, -0.1) is 11.3 Å². The van der Waals surface area contributed by atoms with Crippen molar-refractivity contribution in [2.45, 2.75) is 44.8 Å². The van der Waals surface area contributed by atoms with Gasteiger partial charge in [-0.25, -0.2) is 0 Å². The van der Waals surface area contributed by atoms with E-state index >= 15 is 0 Å². The Morgan fingerprint density at radius 1 is 1.27 bits per heavy atom. The van der Waals surface area contributed by atoms with Gasteiger partial charge in [-0.1, -0.05) is 30.3 Å². The molecule has 0 amide bonds. The Morgan fingerprint density at radius 2 is 2.15 bits per heavy atom. The average molecular weight is 372 g/mol. The lowest BCUT2D eigenvalue weighted by Crippen LogP contribution is -2.38. The van der Waals surface area contributed by atoms with Crippen molar-refractivity contribution >= 4 is 11.3 Å². The molecule has 4 heteroatoms. The van der Waals surface area contributed by atoms with Gasteiger partial charge in [0.1, 0.15) is 5.75 Å². The molecule has 26 heavy (non-hydrogen) atoms. The fourth-order valence-electron chi connectivity index (χ4n) is 4.67. The summed E-state index contributed by atoms with van der Waals surface area (Å²) in [4.78, 5) is 3.96. The molecule has 0 aliphatic carbocycles. The molecule has 2 unspecified atom stereocenters. The van der Waals surface area contributed by atoms with E-state index in [0.29, 0.717) is 11.5 Å². The van der Waals surface area contributed by atoms with Crippen LogP contribution in [0.5, 0.6) is 5.75 Å². The van der Waals surface area contributed by atoms with Crippen LogP contribution in [0.3, 0.4) is 0 Å². The standard InChI is InChI=1S/C22H29NO2S/c1-24-19-10-15-26-20(19)16-23-13-12-22(17-23,21-8-5-14-25-21)11-9-18-6-3-2-4-7-18/h2-4,6-7,10,15,21H,5,8-9,11-14,16-17H2,1H3. The van der Waals surface area contributed by atoms with E-state index in [1.165, 1.54) is 36.1 Å². The monoisotopic (exact) mass is 371 g/mol. The van der Waals surface area contributed by atoms with E-state index in [0.717, 1.165) is 38.4 Å². The predicted octanol–water partition coefficient (Wildman–Crippen LogP) is 4.76. The molecule has 1 aromatic heterocycles. The van der Waals surface area contributed by atoms with Crippen LogP contribution >= 0.6 is 11.3 Å². The molecule has 2 aromatic rings. The third-order valence-electron chi connectivity index (χ3n) is 6.12. The van der Waals surface area contributed by atoms with Crippen LogP contribution in [0.25, 0.3) is 0 Å². The molecule has 0 spiro atoms. The van der Waals surface area contributed by atoms with Crippen LogP contribution in [0.2, 0.25) is 0 Å². The summed E-state index contributed by atoms with van der Waals surface area (Å²) in [6.45, 7) is 4.25. The van der Waals surface area contributed by atoms with E-state index in [-0.39, 0.29) is 0 Å². The summed E-state index contributed by atoms with van der Waals surface area (Å²) in [5, 5.41) is 2.13. The van der Waals surface area contributed by atoms with Gasteiger partial charge in [-0.2, -0.15) is 0 Å². The third kappa shape index (κ3) is 3.83. The van der Waals surface area contributed by atoms with Crippen molar-refractivity contribution in [2.75, 3.05) is 26.8 Å². The molecule has 140 valence electrons. The number of nitrogens with zero attached hydrogens (tertiary/aromatic N) is 1. The number of hydrogen-bond acceptors (Lipinski definition) is 4. The SMILES string of the molecule is COc1ccsc1CN1CCC(CCc2ccccc2)(C2CCCO2)C1. The second kappa shape index (κ2) is 8.12. The van der Waals surface area contributed by atoms with Gasteiger partial charge >= 0.3 is 0 Å². The zero-order chi connectivity index (χ0) is 17.8. The predicted molar refractivity (Wildman–Crippen MR) is 107 cm³/mol. The lowest BCUT2D eigenvalue weighted by molar-refractivity contribution is -0.00178. The van der Waals surface area contributed by atoms with Crippen LogP contribution in [0.4, 0.5) is 0 Å². The van der Waals surface area contributed by atoms with E-state index in [2.05, 4.69) is 46.7 Å². The normalized spacial score (nSPS) is 26.4. The Labute approximate surface area is 160 Å². The minimum absolute atomic E-state index is 0.302. The van der Waals surface area contributed by atoms with Crippen molar-refractivity contribution in [3.63, 3.8) is 0 Å². The molecule has 0 N–H and O–H groups in total. The maximum atomic E-state index is 6.21. The van der Waals surface area contributed by atoms with Crippen molar-refractivity contribution in [1.82, 2.24) is 4.90 Å². The van der Waals surface area contributed by atoms with Crippen LogP contribution in [0.1, 0.15) is 36.1 Å². The molecular formula is C22H29NO2S. The molecule has 2 aliphatic heterocycles. The summed E-state index contributed by atoms with van der Waals surface area (Å²) in [5.41, 5.74) is 1.75. The highest BCUT2D eigenvalue weighted by atomic mass is 32.1. The van der Waals surface area contributed by atoms with Gasteiger partial charge in [0.2, 0.25) is 0 Å². The number of methoxy groups -OCH3 is 1. The Balaban J connectivity index is 1.46. The molecule has 2 fully saturated rings. The van der Waals surface area contributed by atoms with E-state index in [9.17, 15) is 0 Å². The largest absolute Gasteiger partial charge is 0.496 e. The molecule has 3 nitrogen and oxygen atoms in total. The lowest BCUT2D eigenvalue weighted by atomic mass is 9.75. The maximum Gasteiger partial charge on any atom is 0.134 e. The summed E-state index contributed by atoms with van der Waals surface area (Å²) in [7, 11) is 1.77. The highest BCUT2D eigenvalue weighted by Gasteiger charge is 2.45. The lowest BCUT2D eigenvalue weighted by Gasteiger charge is -2.35. The average Bonchev–Trinajstić information content (AvgIpc) is 3.43. The fourth-order valence-corrected chi connectivity index (χ4v) is 5.56. The van der Waals surface area contributed by atoms with E-state index in [4.69, 9.17) is 9.47 Å². The molecule has 2 aliphatic rings. The first-order valence-corrected chi connectivity index (χ1v) is 10.7. The molecule has 2 saturated heterocycles. The van der Waals surface area contributed by atoms with E-state index in [1.807, 2.05) is 0 Å². The minimum atomic E-state index is 0.302. The quantitative estimate of drug-likeness (QED) is 0.700. The summed E-state index contributed by atoms with van der Waals surface area (Å²) in [6.07, 6.45) is 6.50. The number of rotatable bonds is 7. The van der Waals surface area contributed by atoms with Crippen molar-refractivity contribution in [2.24, 2.45) is 5.41 Å². The van der Waals surface area contributed by atoms with Gasteiger partial charge in [0.15, 0.2) is 0 Å². The number of benzene rings is 1. The maximum absolute atomic E-state index is 6.21. The summed E-state index contributed by atoms with van der Waals surface area (Å²) < 4.78 is 11.7. The van der Waals surface area contributed by atoms with Crippen LogP contribution in [0, 0.1) is 5.41 Å². The summed E-state index contributed by atoms with van der Waals surface area (Å²) in [6, 6.07) is 13.0. The first kappa shape index (κ1) is 18.0. The van der Waals surface area contributed by atoms with Gasteiger partial charge < -0.3 is 9.47 Å². The molecular weight excluding hydrogens is 342 g/mol. The Hall–Kier alpha value is -1.36. The van der Waals surface area contributed by atoms with Crippen LogP contribution in [-0.2, 0) is 17.7 Å². The zero-order valence-electron chi connectivity index (χ0n) is 15.7. The fraction of sp³-hybridized carbons (Fsp3) is 0.545. The first-order valence-electron chi connectivity index (χ1n) is 9.77. The zero-order valence-corrected chi connectivity index (χ0v) is 16.5. The molecule has 2 atom stereocenters. The second-order valence-corrected chi connectivity index (χ2v) is 8.72. The summed E-state index contributed by atoms with van der Waals surface area (Å²) >= 11 is 1.81. The molecule has 0 bridgehead atoms. The van der Waals surface area contributed by atoms with Crippen LogP contribution in [0.15, 0.2) is 41.8 Å². The van der Waals surface area contributed by atoms with Crippen LogP contribution in [-0.4, -0.2) is 37.8 Å². The van der Waals surface area contributed by atoms with Gasteiger partial charge in [-0.3, -0.25) is 4.90 Å². The van der Waals surface area contributed by atoms with Crippen molar-refractivity contribution in [3.05, 3.63) is 52.2 Å². The molecule has 1 aromatic carbocycles. The van der Waals surface area contributed by atoms with Gasteiger partial charge in [-0.05, 0) is 55.7 Å². The number of hydrogen-bond donors (Lipinski definition) is 0. The smallest absolute Gasteiger partial charge is 0.134 e. The molecule has 0 radical (unpaired) electrons.